The van der Waals surface area contributed by atoms with Gasteiger partial charge in [0.2, 0.25) is 0 Å². The van der Waals surface area contributed by atoms with Gasteiger partial charge in [-0.15, -0.1) is 0 Å². The molecule has 0 aliphatic carbocycles. The highest BCUT2D eigenvalue weighted by molar-refractivity contribution is 5.77. The van der Waals surface area contributed by atoms with E-state index in [1.54, 1.807) is 7.11 Å². The van der Waals surface area contributed by atoms with E-state index in [1.165, 1.54) is 0 Å². The van der Waals surface area contributed by atoms with E-state index in [-0.39, 0.29) is 5.41 Å². The topological polar surface area (TPSA) is 58.6 Å². The van der Waals surface area contributed by atoms with Gasteiger partial charge in [0.05, 0.1) is 7.11 Å². The minimum Gasteiger partial charge on any atom is -0.497 e. The minimum atomic E-state index is -0.852. The minimum absolute atomic E-state index is 0.0619. The van der Waals surface area contributed by atoms with Gasteiger partial charge in [0.15, 0.2) is 0 Å². The summed E-state index contributed by atoms with van der Waals surface area (Å²) in [6, 6.07) is 5.01. The molecule has 2 N–H and O–H groups in total. The molecule has 1 heterocycles. The number of benzene rings is 1. The van der Waals surface area contributed by atoms with Crippen LogP contribution in [0.15, 0.2) is 18.2 Å². The molecule has 1 aromatic rings. The summed E-state index contributed by atoms with van der Waals surface area (Å²) in [5.41, 5.74) is 1.81. The summed E-state index contributed by atoms with van der Waals surface area (Å²) < 4.78 is 5.16. The highest BCUT2D eigenvalue weighted by atomic mass is 16.5. The van der Waals surface area contributed by atoms with Crippen LogP contribution in [0.3, 0.4) is 0 Å². The van der Waals surface area contributed by atoms with Crippen molar-refractivity contribution in [3.8, 4) is 5.75 Å². The molecule has 0 amide bonds. The second-order valence-electron chi connectivity index (χ2n) is 4.99. The first kappa shape index (κ1) is 11.9. The Morgan fingerprint density at radius 1 is 1.53 bits per heavy atom. The van der Waals surface area contributed by atoms with Crippen molar-refractivity contribution in [1.82, 2.24) is 5.32 Å². The zero-order valence-corrected chi connectivity index (χ0v) is 10.3. The van der Waals surface area contributed by atoms with Crippen molar-refractivity contribution < 1.29 is 14.6 Å². The number of carbonyl (C=O) groups is 1. The van der Waals surface area contributed by atoms with Crippen molar-refractivity contribution in [2.24, 2.45) is 0 Å². The normalized spacial score (nSPS) is 21.7. The van der Waals surface area contributed by atoms with E-state index in [4.69, 9.17) is 4.74 Å². The van der Waals surface area contributed by atoms with Crippen LogP contribution in [0.5, 0.6) is 5.75 Å². The highest BCUT2D eigenvalue weighted by Gasteiger charge is 2.35. The summed E-state index contributed by atoms with van der Waals surface area (Å²) in [5.74, 6) is -0.162. The summed E-state index contributed by atoms with van der Waals surface area (Å²) >= 11 is 0. The van der Waals surface area contributed by atoms with Gasteiger partial charge in [-0.2, -0.15) is 0 Å². The number of rotatable bonds is 2. The number of hydrogen-bond acceptors (Lipinski definition) is 3. The van der Waals surface area contributed by atoms with Crippen molar-refractivity contribution in [2.75, 3.05) is 13.7 Å². The van der Waals surface area contributed by atoms with Crippen LogP contribution in [-0.4, -0.2) is 24.7 Å². The van der Waals surface area contributed by atoms with Gasteiger partial charge in [-0.05, 0) is 23.3 Å². The molecule has 1 unspecified atom stereocenters. The Bertz CT molecular complexity index is 454. The van der Waals surface area contributed by atoms with Crippen LogP contribution < -0.4 is 10.1 Å². The molecule has 92 valence electrons. The van der Waals surface area contributed by atoms with Crippen molar-refractivity contribution in [2.45, 2.75) is 25.3 Å². The van der Waals surface area contributed by atoms with E-state index in [2.05, 4.69) is 19.2 Å². The number of methoxy groups -OCH3 is 1. The van der Waals surface area contributed by atoms with Crippen LogP contribution in [0.2, 0.25) is 0 Å². The van der Waals surface area contributed by atoms with E-state index < -0.39 is 12.0 Å². The van der Waals surface area contributed by atoms with Crippen molar-refractivity contribution in [3.05, 3.63) is 29.3 Å². The Morgan fingerprint density at radius 3 is 2.82 bits per heavy atom. The molecular weight excluding hydrogens is 218 g/mol. The number of fused-ring (bicyclic) bond motifs is 1. The molecule has 0 spiro atoms. The molecule has 1 atom stereocenters. The second-order valence-corrected chi connectivity index (χ2v) is 4.99. The summed E-state index contributed by atoms with van der Waals surface area (Å²) in [4.78, 5) is 11.2. The fraction of sp³-hybridized carbons (Fsp3) is 0.462. The van der Waals surface area contributed by atoms with Crippen molar-refractivity contribution in [1.29, 1.82) is 0 Å². The Kier molecular flexibility index (Phi) is 2.83. The van der Waals surface area contributed by atoms with Gasteiger partial charge >= 0.3 is 5.97 Å². The van der Waals surface area contributed by atoms with Crippen LogP contribution in [0, 0.1) is 0 Å². The Labute approximate surface area is 101 Å². The largest absolute Gasteiger partial charge is 0.497 e. The van der Waals surface area contributed by atoms with E-state index >= 15 is 0 Å². The second kappa shape index (κ2) is 4.04. The smallest absolute Gasteiger partial charge is 0.325 e. The van der Waals surface area contributed by atoms with E-state index in [9.17, 15) is 9.90 Å². The van der Waals surface area contributed by atoms with Gasteiger partial charge in [0.1, 0.15) is 11.8 Å². The predicted octanol–water partition coefficient (Wildman–Crippen LogP) is 1.70. The van der Waals surface area contributed by atoms with Gasteiger partial charge < -0.3 is 9.84 Å². The molecule has 1 aliphatic rings. The van der Waals surface area contributed by atoms with Gasteiger partial charge in [0, 0.05) is 12.0 Å². The maximum atomic E-state index is 11.2. The molecule has 4 heteroatoms. The maximum Gasteiger partial charge on any atom is 0.325 e. The summed E-state index contributed by atoms with van der Waals surface area (Å²) in [6.07, 6.45) is 0. The lowest BCUT2D eigenvalue weighted by Gasteiger charge is -2.36. The first-order valence-corrected chi connectivity index (χ1v) is 5.60. The number of aliphatic carboxylic acids is 1. The Hall–Kier alpha value is -1.55. The zero-order valence-electron chi connectivity index (χ0n) is 10.3. The molecule has 0 saturated carbocycles. The third kappa shape index (κ3) is 2.00. The number of carboxylic acids is 1. The van der Waals surface area contributed by atoms with Gasteiger partial charge in [0.25, 0.3) is 0 Å². The van der Waals surface area contributed by atoms with Crippen LogP contribution in [-0.2, 0) is 10.2 Å². The quantitative estimate of drug-likeness (QED) is 0.819. The Balaban J connectivity index is 2.56. The molecule has 0 saturated heterocycles. The lowest BCUT2D eigenvalue weighted by atomic mass is 9.76. The average Bonchev–Trinajstić information content (AvgIpc) is 2.27. The first-order chi connectivity index (χ1) is 7.95. The molecular formula is C13H17NO3. The van der Waals surface area contributed by atoms with Gasteiger partial charge in [-0.1, -0.05) is 19.9 Å². The standard InChI is InChI=1S/C13H17NO3/c1-13(2)7-14-11(12(15)16)9-6-8(17-3)4-5-10(9)13/h4-6,11,14H,7H2,1-3H3,(H,15,16). The van der Waals surface area contributed by atoms with Crippen LogP contribution in [0.1, 0.15) is 31.0 Å². The lowest BCUT2D eigenvalue weighted by Crippen LogP contribution is -2.44. The molecule has 4 nitrogen and oxygen atoms in total. The number of hydrogen-bond donors (Lipinski definition) is 2. The summed E-state index contributed by atoms with van der Waals surface area (Å²) in [6.45, 7) is 4.86. The average molecular weight is 235 g/mol. The molecule has 0 fully saturated rings. The molecule has 0 bridgehead atoms. The monoisotopic (exact) mass is 235 g/mol. The third-order valence-electron chi connectivity index (χ3n) is 3.29. The van der Waals surface area contributed by atoms with E-state index in [0.29, 0.717) is 12.3 Å². The van der Waals surface area contributed by atoms with Crippen LogP contribution in [0.25, 0.3) is 0 Å². The third-order valence-corrected chi connectivity index (χ3v) is 3.29. The SMILES string of the molecule is COc1ccc2c(c1)C(C(=O)O)NCC2(C)C. The number of carboxylic acid groups (broad SMARTS) is 1. The van der Waals surface area contributed by atoms with Crippen LogP contribution in [0.4, 0.5) is 0 Å². The van der Waals surface area contributed by atoms with Crippen molar-refractivity contribution >= 4 is 5.97 Å². The van der Waals surface area contributed by atoms with E-state index in [0.717, 1.165) is 11.1 Å². The first-order valence-electron chi connectivity index (χ1n) is 5.60. The van der Waals surface area contributed by atoms with Gasteiger partial charge in [-0.3, -0.25) is 10.1 Å². The van der Waals surface area contributed by atoms with E-state index in [1.807, 2.05) is 18.2 Å². The van der Waals surface area contributed by atoms with Gasteiger partial charge in [-0.25, -0.2) is 0 Å². The zero-order chi connectivity index (χ0) is 12.6. The molecule has 0 radical (unpaired) electrons. The summed E-state index contributed by atoms with van der Waals surface area (Å²) in [5, 5.41) is 12.3. The highest BCUT2D eigenvalue weighted by Crippen LogP contribution is 2.36. The number of ether oxygens (including phenoxy) is 1. The molecule has 17 heavy (non-hydrogen) atoms. The molecule has 2 rings (SSSR count). The summed E-state index contributed by atoms with van der Waals surface area (Å²) in [7, 11) is 1.58. The molecule has 0 aromatic heterocycles. The molecule has 1 aromatic carbocycles. The fourth-order valence-electron chi connectivity index (χ4n) is 2.31. The fourth-order valence-corrected chi connectivity index (χ4v) is 2.31. The number of nitrogens with one attached hydrogen (secondary N) is 1. The van der Waals surface area contributed by atoms with Crippen molar-refractivity contribution in [3.63, 3.8) is 0 Å². The Morgan fingerprint density at radius 2 is 2.24 bits per heavy atom. The molecule has 1 aliphatic heterocycles. The van der Waals surface area contributed by atoms with Crippen LogP contribution >= 0.6 is 0 Å². The predicted molar refractivity (Wildman–Crippen MR) is 64.4 cm³/mol. The lowest BCUT2D eigenvalue weighted by molar-refractivity contribution is -0.140. The maximum absolute atomic E-state index is 11.2.